The lowest BCUT2D eigenvalue weighted by Crippen LogP contribution is -2.43. The standard InChI is InChI=1S/C21H21ClN4O3/c22-17-3-6-19(24-13-17)25-21(28)16-8-11-26(12-9-16)20(27)14-29-18-4-1-15(2-5-18)7-10-23/h1-6,13,16H,7-9,11-12,14H2,(H,24,25,28). The molecule has 8 heteroatoms. The van der Waals surface area contributed by atoms with Gasteiger partial charge in [-0.05, 0) is 42.7 Å². The summed E-state index contributed by atoms with van der Waals surface area (Å²) in [6.45, 7) is 0.966. The van der Waals surface area contributed by atoms with E-state index in [1.54, 1.807) is 29.2 Å². The zero-order valence-corrected chi connectivity index (χ0v) is 16.6. The molecule has 0 aliphatic carbocycles. The average Bonchev–Trinajstić information content (AvgIpc) is 2.75. The normalized spacial score (nSPS) is 14.1. The molecule has 1 saturated heterocycles. The Morgan fingerprint density at radius 2 is 1.93 bits per heavy atom. The van der Waals surface area contributed by atoms with Crippen LogP contribution in [0.5, 0.6) is 5.75 Å². The van der Waals surface area contributed by atoms with Gasteiger partial charge in [0, 0.05) is 25.2 Å². The minimum Gasteiger partial charge on any atom is -0.484 e. The molecular formula is C21H21ClN4O3. The number of halogens is 1. The lowest BCUT2D eigenvalue weighted by Gasteiger charge is -2.31. The van der Waals surface area contributed by atoms with E-state index in [1.165, 1.54) is 6.20 Å². The number of rotatable bonds is 6. The van der Waals surface area contributed by atoms with Gasteiger partial charge in [0.1, 0.15) is 11.6 Å². The molecule has 1 aromatic carbocycles. The van der Waals surface area contributed by atoms with Crippen LogP contribution in [0.2, 0.25) is 5.02 Å². The van der Waals surface area contributed by atoms with Gasteiger partial charge >= 0.3 is 0 Å². The number of aromatic nitrogens is 1. The molecule has 29 heavy (non-hydrogen) atoms. The summed E-state index contributed by atoms with van der Waals surface area (Å²) in [6, 6.07) is 12.5. The minimum atomic E-state index is -0.162. The maximum absolute atomic E-state index is 12.4. The van der Waals surface area contributed by atoms with E-state index >= 15 is 0 Å². The highest BCUT2D eigenvalue weighted by Gasteiger charge is 2.27. The van der Waals surface area contributed by atoms with Crippen molar-refractivity contribution in [2.45, 2.75) is 19.3 Å². The number of hydrogen-bond acceptors (Lipinski definition) is 5. The summed E-state index contributed by atoms with van der Waals surface area (Å²) < 4.78 is 5.54. The van der Waals surface area contributed by atoms with Crippen molar-refractivity contribution < 1.29 is 14.3 Å². The topological polar surface area (TPSA) is 95.3 Å². The van der Waals surface area contributed by atoms with Crippen LogP contribution >= 0.6 is 11.6 Å². The second-order valence-electron chi connectivity index (χ2n) is 6.77. The van der Waals surface area contributed by atoms with Crippen LogP contribution in [0.15, 0.2) is 42.6 Å². The Hall–Kier alpha value is -3.11. The number of nitriles is 1. The number of hydrogen-bond donors (Lipinski definition) is 1. The van der Waals surface area contributed by atoms with Gasteiger partial charge in [0.25, 0.3) is 5.91 Å². The molecule has 1 aliphatic heterocycles. The number of carbonyl (C=O) groups excluding carboxylic acids is 2. The van der Waals surface area contributed by atoms with Crippen LogP contribution in [0.1, 0.15) is 18.4 Å². The third kappa shape index (κ3) is 5.93. The van der Waals surface area contributed by atoms with Crippen LogP contribution in [0.4, 0.5) is 5.82 Å². The number of nitrogens with one attached hydrogen (secondary N) is 1. The minimum absolute atomic E-state index is 0.0524. The summed E-state index contributed by atoms with van der Waals surface area (Å²) in [4.78, 5) is 30.5. The summed E-state index contributed by atoms with van der Waals surface area (Å²) in [5.74, 6) is 0.687. The quantitative estimate of drug-likeness (QED) is 0.786. The van der Waals surface area contributed by atoms with Crippen molar-refractivity contribution >= 4 is 29.2 Å². The van der Waals surface area contributed by atoms with Crippen LogP contribution in [0.3, 0.4) is 0 Å². The maximum Gasteiger partial charge on any atom is 0.260 e. The first-order chi connectivity index (χ1) is 14.0. The van der Waals surface area contributed by atoms with Gasteiger partial charge in [-0.3, -0.25) is 9.59 Å². The van der Waals surface area contributed by atoms with Crippen molar-refractivity contribution in [1.82, 2.24) is 9.88 Å². The second-order valence-corrected chi connectivity index (χ2v) is 7.21. The van der Waals surface area contributed by atoms with Crippen molar-refractivity contribution in [3.8, 4) is 11.8 Å². The number of pyridine rings is 1. The number of amides is 2. The van der Waals surface area contributed by atoms with Crippen molar-refractivity contribution in [3.63, 3.8) is 0 Å². The molecule has 0 saturated carbocycles. The van der Waals surface area contributed by atoms with Gasteiger partial charge in [0.05, 0.1) is 17.5 Å². The largest absolute Gasteiger partial charge is 0.484 e. The van der Waals surface area contributed by atoms with E-state index in [9.17, 15) is 9.59 Å². The van der Waals surface area contributed by atoms with E-state index in [0.717, 1.165) is 5.56 Å². The molecule has 1 aliphatic rings. The molecule has 0 spiro atoms. The Balaban J connectivity index is 1.42. The molecular weight excluding hydrogens is 392 g/mol. The van der Waals surface area contributed by atoms with Crippen LogP contribution in [-0.4, -0.2) is 41.4 Å². The summed E-state index contributed by atoms with van der Waals surface area (Å²) in [7, 11) is 0. The van der Waals surface area contributed by atoms with Gasteiger partial charge in [-0.2, -0.15) is 5.26 Å². The first-order valence-corrected chi connectivity index (χ1v) is 9.72. The molecule has 1 aromatic heterocycles. The summed E-state index contributed by atoms with van der Waals surface area (Å²) in [6.07, 6.45) is 3.01. The van der Waals surface area contributed by atoms with Crippen LogP contribution < -0.4 is 10.1 Å². The van der Waals surface area contributed by atoms with Crippen molar-refractivity contribution in [1.29, 1.82) is 5.26 Å². The molecule has 7 nitrogen and oxygen atoms in total. The number of benzene rings is 1. The predicted octanol–water partition coefficient (Wildman–Crippen LogP) is 3.06. The fourth-order valence-electron chi connectivity index (χ4n) is 3.10. The van der Waals surface area contributed by atoms with E-state index < -0.39 is 0 Å². The maximum atomic E-state index is 12.4. The molecule has 3 rings (SSSR count). The highest BCUT2D eigenvalue weighted by Crippen LogP contribution is 2.20. The van der Waals surface area contributed by atoms with Gasteiger partial charge in [0.15, 0.2) is 6.61 Å². The summed E-state index contributed by atoms with van der Waals surface area (Å²) >= 11 is 5.79. The summed E-state index contributed by atoms with van der Waals surface area (Å²) in [5.41, 5.74) is 0.903. The van der Waals surface area contributed by atoms with Crippen LogP contribution in [-0.2, 0) is 16.0 Å². The monoisotopic (exact) mass is 412 g/mol. The third-order valence-electron chi connectivity index (χ3n) is 4.77. The molecule has 0 radical (unpaired) electrons. The van der Waals surface area contributed by atoms with Gasteiger partial charge in [-0.15, -0.1) is 0 Å². The predicted molar refractivity (Wildman–Crippen MR) is 108 cm³/mol. The Bertz CT molecular complexity index is 886. The lowest BCUT2D eigenvalue weighted by molar-refractivity contribution is -0.136. The molecule has 1 fully saturated rings. The van der Waals surface area contributed by atoms with E-state index in [4.69, 9.17) is 21.6 Å². The Morgan fingerprint density at radius 3 is 2.55 bits per heavy atom. The molecule has 2 amide bonds. The highest BCUT2D eigenvalue weighted by atomic mass is 35.5. The zero-order chi connectivity index (χ0) is 20.6. The van der Waals surface area contributed by atoms with Gasteiger partial charge in [-0.1, -0.05) is 23.7 Å². The van der Waals surface area contributed by atoms with E-state index in [2.05, 4.69) is 16.4 Å². The molecule has 0 bridgehead atoms. The first-order valence-electron chi connectivity index (χ1n) is 9.34. The number of ether oxygens (including phenoxy) is 1. The van der Waals surface area contributed by atoms with E-state index in [0.29, 0.717) is 48.9 Å². The van der Waals surface area contributed by atoms with Gasteiger partial charge in [-0.25, -0.2) is 4.98 Å². The molecule has 2 aromatic rings. The highest BCUT2D eigenvalue weighted by molar-refractivity contribution is 6.30. The Labute approximate surface area is 174 Å². The number of nitrogens with zero attached hydrogens (tertiary/aromatic N) is 3. The van der Waals surface area contributed by atoms with E-state index in [1.807, 2.05) is 12.1 Å². The second kappa shape index (κ2) is 9.89. The molecule has 0 unspecified atom stereocenters. The van der Waals surface area contributed by atoms with Crippen LogP contribution in [0, 0.1) is 17.2 Å². The molecule has 150 valence electrons. The SMILES string of the molecule is N#CCc1ccc(OCC(=O)N2CCC(C(=O)Nc3ccc(Cl)cn3)CC2)cc1. The van der Waals surface area contributed by atoms with E-state index in [-0.39, 0.29) is 24.3 Å². The molecule has 1 N–H and O–H groups in total. The molecule has 2 heterocycles. The summed E-state index contributed by atoms with van der Waals surface area (Å²) in [5, 5.41) is 12.0. The van der Waals surface area contributed by atoms with Crippen molar-refractivity contribution in [2.75, 3.05) is 25.0 Å². The number of anilines is 1. The van der Waals surface area contributed by atoms with Gasteiger partial charge in [0.2, 0.25) is 5.91 Å². The van der Waals surface area contributed by atoms with Crippen molar-refractivity contribution in [3.05, 3.63) is 53.2 Å². The molecule has 0 atom stereocenters. The Morgan fingerprint density at radius 1 is 1.21 bits per heavy atom. The first kappa shape index (κ1) is 20.6. The third-order valence-corrected chi connectivity index (χ3v) is 4.99. The number of carbonyl (C=O) groups is 2. The zero-order valence-electron chi connectivity index (χ0n) is 15.8. The number of piperidine rings is 1. The fraction of sp³-hybridized carbons (Fsp3) is 0.333. The lowest BCUT2D eigenvalue weighted by atomic mass is 9.96. The van der Waals surface area contributed by atoms with Gasteiger partial charge < -0.3 is 15.0 Å². The smallest absolute Gasteiger partial charge is 0.260 e. The average molecular weight is 413 g/mol. The van der Waals surface area contributed by atoms with Crippen LogP contribution in [0.25, 0.3) is 0 Å². The number of likely N-dealkylation sites (tertiary alicyclic amines) is 1. The Kier molecular flexibility index (Phi) is 7.04. The van der Waals surface area contributed by atoms with Crippen molar-refractivity contribution in [2.24, 2.45) is 5.92 Å². The fourth-order valence-corrected chi connectivity index (χ4v) is 3.21.